The summed E-state index contributed by atoms with van der Waals surface area (Å²) in [5.74, 6) is 0. The van der Waals surface area contributed by atoms with E-state index < -0.39 is 7.89 Å². The van der Waals surface area contributed by atoms with Crippen molar-refractivity contribution in [2.75, 3.05) is 0 Å². The van der Waals surface area contributed by atoms with Gasteiger partial charge in [0.2, 0.25) is 0 Å². The molecule has 0 radical (unpaired) electrons. The van der Waals surface area contributed by atoms with Crippen LogP contribution in [0.3, 0.4) is 0 Å². The van der Waals surface area contributed by atoms with Crippen LogP contribution in [0.15, 0.2) is 60.7 Å². The Morgan fingerprint density at radius 3 is 1.47 bits per heavy atom. The van der Waals surface area contributed by atoms with Crippen molar-refractivity contribution in [2.45, 2.75) is 0 Å². The summed E-state index contributed by atoms with van der Waals surface area (Å²) >= 11 is 1.67. The van der Waals surface area contributed by atoms with Crippen molar-refractivity contribution >= 4 is 23.5 Å². The van der Waals surface area contributed by atoms with Crippen LogP contribution in [0, 0.1) is 0 Å². The quantitative estimate of drug-likeness (QED) is 0.725. The van der Waals surface area contributed by atoms with Crippen molar-refractivity contribution in [3.8, 4) is 0 Å². The zero-order valence-electron chi connectivity index (χ0n) is 8.27. The molecule has 0 heterocycles. The molecule has 0 aliphatic carbocycles. The van der Waals surface area contributed by atoms with Gasteiger partial charge in [-0.25, -0.2) is 0 Å². The number of hydrogen-bond donors (Lipinski definition) is 0. The number of rotatable bonds is 2. The van der Waals surface area contributed by atoms with Crippen LogP contribution in [0.2, 0.25) is 0 Å². The van der Waals surface area contributed by atoms with Crippen LogP contribution in [-0.4, -0.2) is 13.1 Å². The number of hydrogen-bond acceptors (Lipinski definition) is 0. The van der Waals surface area contributed by atoms with Gasteiger partial charge >= 0.3 is 108 Å². The fraction of sp³-hybridized carbons (Fsp3) is 0. The Kier molecular flexibility index (Phi) is 4.30. The van der Waals surface area contributed by atoms with Crippen molar-refractivity contribution in [3.63, 3.8) is 0 Å². The van der Waals surface area contributed by atoms with Crippen LogP contribution < -0.4 is 10.4 Å². The first-order valence-corrected chi connectivity index (χ1v) is 12.0. The van der Waals surface area contributed by atoms with E-state index in [1.807, 2.05) is 0 Å². The summed E-state index contributed by atoms with van der Waals surface area (Å²) in [6.45, 7) is 0. The minimum atomic E-state index is -0.471. The van der Waals surface area contributed by atoms with Crippen molar-refractivity contribution in [1.29, 1.82) is 0 Å². The zero-order valence-corrected chi connectivity index (χ0v) is 12.7. The molecule has 0 N–H and O–H groups in total. The molecule has 2 rings (SSSR count). The molecule has 0 aliphatic rings. The average molecular weight is 302 g/mol. The molecule has 15 heavy (non-hydrogen) atoms. The molecule has 0 atom stereocenters. The average Bonchev–Trinajstić information content (AvgIpc) is 2.33. The Labute approximate surface area is 107 Å². The van der Waals surface area contributed by atoms with E-state index in [0.717, 1.165) is 5.25 Å². The van der Waals surface area contributed by atoms with Crippen molar-refractivity contribution < 1.29 is 23.3 Å². The van der Waals surface area contributed by atoms with Gasteiger partial charge in [-0.15, -0.1) is 0 Å². The van der Waals surface area contributed by atoms with Crippen LogP contribution >= 0.6 is 0 Å². The molecule has 0 spiro atoms. The first-order valence-electron chi connectivity index (χ1n) is 4.82. The van der Waals surface area contributed by atoms with E-state index in [9.17, 15) is 0 Å². The Bertz CT molecular complexity index is 446. The third-order valence-electron chi connectivity index (χ3n) is 2.25. The maximum atomic E-state index is 2.28. The molecule has 0 fully saturated rings. The molecule has 0 saturated carbocycles. The molecule has 2 aromatic rings. The van der Waals surface area contributed by atoms with Crippen molar-refractivity contribution in [3.05, 3.63) is 60.7 Å². The van der Waals surface area contributed by atoms with Crippen LogP contribution in [0.4, 0.5) is 0 Å². The van der Waals surface area contributed by atoms with Crippen LogP contribution in [-0.2, 0) is 23.3 Å². The Morgan fingerprint density at radius 2 is 1.13 bits per heavy atom. The van der Waals surface area contributed by atoms with Gasteiger partial charge < -0.3 is 0 Å². The summed E-state index contributed by atoms with van der Waals surface area (Å²) in [5.41, 5.74) is 0. The first-order chi connectivity index (χ1) is 7.42. The summed E-state index contributed by atoms with van der Waals surface area (Å²) in [7, 11) is -0.471. The van der Waals surface area contributed by atoms with E-state index in [-0.39, 0.29) is 0 Å². The van der Waals surface area contributed by atoms with Gasteiger partial charge in [0.1, 0.15) is 0 Å². The maximum absolute atomic E-state index is 2.28. The summed E-state index contributed by atoms with van der Waals surface area (Å²) in [6.07, 6.45) is 0. The number of benzene rings is 2. The minimum absolute atomic E-state index is 0.471. The molecular formula is C12H10Si2Zr+2. The Morgan fingerprint density at radius 1 is 0.733 bits per heavy atom. The van der Waals surface area contributed by atoms with Gasteiger partial charge in [0.05, 0.1) is 0 Å². The van der Waals surface area contributed by atoms with Gasteiger partial charge in [0, 0.05) is 0 Å². The molecule has 68 valence electrons. The molecule has 0 amide bonds. The fourth-order valence-corrected chi connectivity index (χ4v) is 11.4. The Balaban J connectivity index is 2.48. The van der Waals surface area contributed by atoms with Crippen LogP contribution in [0.25, 0.3) is 0 Å². The summed E-state index contributed by atoms with van der Waals surface area (Å²) in [6, 6.07) is 21.9. The third-order valence-corrected chi connectivity index (χ3v) is 12.3. The zero-order chi connectivity index (χ0) is 10.5. The Hall–Kier alpha value is -0.243. The molecular weight excluding hydrogens is 292 g/mol. The predicted molar refractivity (Wildman–Crippen MR) is 63.7 cm³/mol. The molecule has 0 aliphatic heterocycles. The van der Waals surface area contributed by atoms with Crippen LogP contribution in [0.5, 0.6) is 0 Å². The SMILES string of the molecule is [Zr+2]=[Si]=[Si](c1ccccc1)c1ccccc1. The van der Waals surface area contributed by atoms with E-state index in [1.54, 1.807) is 33.7 Å². The molecule has 0 unspecified atom stereocenters. The van der Waals surface area contributed by atoms with E-state index in [0.29, 0.717) is 0 Å². The van der Waals surface area contributed by atoms with Gasteiger partial charge in [-0.2, -0.15) is 0 Å². The second-order valence-electron chi connectivity index (χ2n) is 3.23. The molecule has 0 saturated heterocycles. The fourth-order valence-electron chi connectivity index (χ4n) is 1.52. The second-order valence-corrected chi connectivity index (χ2v) is 13.2. The van der Waals surface area contributed by atoms with E-state index in [1.165, 1.54) is 0 Å². The third kappa shape index (κ3) is 2.87. The monoisotopic (exact) mass is 300 g/mol. The topological polar surface area (TPSA) is 0 Å². The van der Waals surface area contributed by atoms with E-state index in [2.05, 4.69) is 60.7 Å². The summed E-state index contributed by atoms with van der Waals surface area (Å²) in [5, 5.41) is 4.19. The summed E-state index contributed by atoms with van der Waals surface area (Å²) in [4.78, 5) is 0. The van der Waals surface area contributed by atoms with Crippen molar-refractivity contribution in [2.24, 2.45) is 0 Å². The van der Waals surface area contributed by atoms with Gasteiger partial charge in [-0.3, -0.25) is 0 Å². The normalized spacial score (nSPS) is 9.47. The van der Waals surface area contributed by atoms with Crippen molar-refractivity contribution in [1.82, 2.24) is 0 Å². The first kappa shape index (κ1) is 11.2. The van der Waals surface area contributed by atoms with E-state index >= 15 is 0 Å². The van der Waals surface area contributed by atoms with Gasteiger partial charge in [-0.05, 0) is 0 Å². The van der Waals surface area contributed by atoms with Crippen LogP contribution in [0.1, 0.15) is 0 Å². The molecule has 3 heteroatoms. The summed E-state index contributed by atoms with van der Waals surface area (Å²) < 4.78 is 0. The second kappa shape index (κ2) is 5.74. The molecule has 2 aromatic carbocycles. The van der Waals surface area contributed by atoms with Gasteiger partial charge in [0.25, 0.3) is 0 Å². The van der Waals surface area contributed by atoms with E-state index in [4.69, 9.17) is 0 Å². The van der Waals surface area contributed by atoms with Gasteiger partial charge in [0.15, 0.2) is 0 Å². The van der Waals surface area contributed by atoms with Gasteiger partial charge in [-0.1, -0.05) is 0 Å². The standard InChI is InChI=1S/C12H10Si2.Zr/c13-14(11-7-3-1-4-8-11)12-9-5-2-6-10-12;/h1-10H;/q;+2. The predicted octanol–water partition coefficient (Wildman–Crippen LogP) is 0.958. The molecule has 0 aromatic heterocycles. The molecule has 0 bridgehead atoms. The molecule has 0 nitrogen and oxygen atoms in total.